The molecule has 0 aromatic heterocycles. The number of hydrogen-bond donors (Lipinski definition) is 3. The van der Waals surface area contributed by atoms with Crippen molar-refractivity contribution >= 4 is 54.0 Å². The van der Waals surface area contributed by atoms with Gasteiger partial charge in [0.15, 0.2) is 0 Å². The van der Waals surface area contributed by atoms with Crippen LogP contribution in [0.4, 0.5) is 5.69 Å². The molecule has 0 aliphatic rings. The van der Waals surface area contributed by atoms with Gasteiger partial charge in [-0.15, -0.1) is 0 Å². The van der Waals surface area contributed by atoms with Gasteiger partial charge in [-0.25, -0.2) is 12.7 Å². The molecule has 0 saturated carbocycles. The van der Waals surface area contributed by atoms with E-state index in [4.69, 9.17) is 0 Å². The summed E-state index contributed by atoms with van der Waals surface area (Å²) in [5.74, 6) is -0.974. The molecule has 33 heavy (non-hydrogen) atoms. The summed E-state index contributed by atoms with van der Waals surface area (Å²) in [4.78, 5) is 10.1. The number of amides is 1. The Morgan fingerprint density at radius 3 is 1.82 bits per heavy atom. The maximum absolute atomic E-state index is 12.1. The van der Waals surface area contributed by atoms with Crippen molar-refractivity contribution in [3.05, 3.63) is 53.1 Å². The van der Waals surface area contributed by atoms with E-state index in [9.17, 15) is 39.2 Å². The molecule has 0 heterocycles. The van der Waals surface area contributed by atoms with E-state index in [0.29, 0.717) is 0 Å². The fourth-order valence-electron chi connectivity index (χ4n) is 2.73. The minimum Gasteiger partial charge on any atom is -0.326 e. The second-order valence-corrected chi connectivity index (χ2v) is 12.1. The van der Waals surface area contributed by atoms with Crippen molar-refractivity contribution in [1.29, 1.82) is 0 Å². The summed E-state index contributed by atoms with van der Waals surface area (Å²) in [5, 5.41) is 2.38. The molecule has 3 N–H and O–H groups in total. The minimum absolute atomic E-state index is 0.0350. The van der Waals surface area contributed by atoms with Crippen LogP contribution in [0.15, 0.2) is 46.2 Å². The molecule has 0 aliphatic heterocycles. The Hall–Kier alpha value is -2.62. The summed E-state index contributed by atoms with van der Waals surface area (Å²) in [7, 11) is -10.5. The minimum atomic E-state index is -4.77. The molecular weight excluding hydrogens is 496 g/mol. The number of sulfonamides is 1. The van der Waals surface area contributed by atoms with Crippen LogP contribution in [0.5, 0.6) is 0 Å². The Morgan fingerprint density at radius 2 is 1.36 bits per heavy atom. The smallest absolute Gasteiger partial charge is 0.295 e. The number of anilines is 1. The lowest BCUT2D eigenvalue weighted by Gasteiger charge is -2.12. The molecule has 14 heteroatoms. The van der Waals surface area contributed by atoms with Gasteiger partial charge in [0.25, 0.3) is 20.2 Å². The number of carbonyl (C=O) groups is 1. The molecule has 2 aromatic rings. The molecule has 2 aromatic carbocycles. The molecule has 180 valence electrons. The average molecular weight is 519 g/mol. The first-order valence-electron chi connectivity index (χ1n) is 9.08. The summed E-state index contributed by atoms with van der Waals surface area (Å²) in [6, 6.07) is 7.26. The number of nitrogens with one attached hydrogen (secondary N) is 1. The van der Waals surface area contributed by atoms with E-state index >= 15 is 0 Å². The van der Waals surface area contributed by atoms with Crippen LogP contribution in [0.25, 0.3) is 12.2 Å². The molecule has 0 unspecified atom stereocenters. The first kappa shape index (κ1) is 26.6. The van der Waals surface area contributed by atoms with Gasteiger partial charge in [0, 0.05) is 26.7 Å². The predicted molar refractivity (Wildman–Crippen MR) is 122 cm³/mol. The zero-order valence-electron chi connectivity index (χ0n) is 17.8. The molecule has 0 atom stereocenters. The Bertz CT molecular complexity index is 1430. The molecule has 0 aliphatic carbocycles. The summed E-state index contributed by atoms with van der Waals surface area (Å²) in [5.41, 5.74) is 0.118. The van der Waals surface area contributed by atoms with E-state index in [2.05, 4.69) is 5.32 Å². The third-order valence-corrected chi connectivity index (χ3v) is 7.95. The number of nitrogens with zero attached hydrogens (tertiary/aromatic N) is 1. The van der Waals surface area contributed by atoms with Crippen molar-refractivity contribution < 1.29 is 39.2 Å². The van der Waals surface area contributed by atoms with Gasteiger partial charge in [-0.3, -0.25) is 13.9 Å². The van der Waals surface area contributed by atoms with Gasteiger partial charge in [-0.2, -0.15) is 16.8 Å². The van der Waals surface area contributed by atoms with Gasteiger partial charge < -0.3 is 5.32 Å². The maximum Gasteiger partial charge on any atom is 0.295 e. The summed E-state index contributed by atoms with van der Waals surface area (Å²) < 4.78 is 91.6. The quantitative estimate of drug-likeness (QED) is 0.347. The van der Waals surface area contributed by atoms with Gasteiger partial charge in [-0.1, -0.05) is 30.4 Å². The van der Waals surface area contributed by atoms with Gasteiger partial charge in [0.2, 0.25) is 15.9 Å². The van der Waals surface area contributed by atoms with Gasteiger partial charge in [0.1, 0.15) is 9.79 Å². The van der Waals surface area contributed by atoms with Crippen LogP contribution >= 0.6 is 0 Å². The van der Waals surface area contributed by atoms with Gasteiger partial charge in [-0.05, 0) is 34.9 Å². The van der Waals surface area contributed by atoms with Crippen LogP contribution in [-0.2, 0) is 40.8 Å². The SMILES string of the molecule is CC(=O)Nc1ccc(/C=C/c2ccc(CS(=O)(=O)N(C)C)cc2S(=O)(=O)O)c(S(=O)(=O)O)c1. The number of rotatable bonds is 8. The predicted octanol–water partition coefficient (Wildman–Crippen LogP) is 1.70. The van der Waals surface area contributed by atoms with Crippen LogP contribution in [0, 0.1) is 0 Å². The van der Waals surface area contributed by atoms with E-state index in [1.54, 1.807) is 0 Å². The van der Waals surface area contributed by atoms with E-state index in [-0.39, 0.29) is 22.4 Å². The molecule has 0 radical (unpaired) electrons. The molecule has 11 nitrogen and oxygen atoms in total. The summed E-state index contributed by atoms with van der Waals surface area (Å²) >= 11 is 0. The fraction of sp³-hybridized carbons (Fsp3) is 0.211. The first-order valence-corrected chi connectivity index (χ1v) is 13.6. The molecule has 0 fully saturated rings. The van der Waals surface area contributed by atoms with Crippen molar-refractivity contribution in [1.82, 2.24) is 4.31 Å². The van der Waals surface area contributed by atoms with Crippen LogP contribution in [0.3, 0.4) is 0 Å². The lowest BCUT2D eigenvalue weighted by molar-refractivity contribution is -0.114. The van der Waals surface area contributed by atoms with Crippen LogP contribution in [0.2, 0.25) is 0 Å². The Kier molecular flexibility index (Phi) is 7.83. The zero-order chi connectivity index (χ0) is 25.2. The van der Waals surface area contributed by atoms with E-state index in [0.717, 1.165) is 16.4 Å². The zero-order valence-corrected chi connectivity index (χ0v) is 20.2. The summed E-state index contributed by atoms with van der Waals surface area (Å²) in [6.07, 6.45) is 2.36. The van der Waals surface area contributed by atoms with Crippen molar-refractivity contribution in [3.63, 3.8) is 0 Å². The van der Waals surface area contributed by atoms with Gasteiger partial charge in [0.05, 0.1) is 5.75 Å². The van der Waals surface area contributed by atoms with Crippen molar-refractivity contribution in [3.8, 4) is 0 Å². The fourth-order valence-corrected chi connectivity index (χ4v) is 5.03. The highest BCUT2D eigenvalue weighted by atomic mass is 32.2. The monoisotopic (exact) mass is 518 g/mol. The normalized spacial score (nSPS) is 12.9. The largest absolute Gasteiger partial charge is 0.326 e. The summed E-state index contributed by atoms with van der Waals surface area (Å²) in [6.45, 7) is 1.21. The maximum atomic E-state index is 12.1. The highest BCUT2D eigenvalue weighted by Gasteiger charge is 2.20. The number of benzene rings is 2. The van der Waals surface area contributed by atoms with Crippen molar-refractivity contribution in [2.24, 2.45) is 0 Å². The van der Waals surface area contributed by atoms with Crippen molar-refractivity contribution in [2.45, 2.75) is 22.5 Å². The van der Waals surface area contributed by atoms with Gasteiger partial charge >= 0.3 is 0 Å². The first-order chi connectivity index (χ1) is 15.0. The Balaban J connectivity index is 2.56. The van der Waals surface area contributed by atoms with Crippen LogP contribution in [-0.4, -0.2) is 58.7 Å². The Labute approximate surface area is 192 Å². The van der Waals surface area contributed by atoms with E-state index < -0.39 is 51.7 Å². The van der Waals surface area contributed by atoms with Crippen LogP contribution in [0.1, 0.15) is 23.6 Å². The molecule has 0 saturated heterocycles. The van der Waals surface area contributed by atoms with E-state index in [1.807, 2.05) is 0 Å². The second-order valence-electron chi connectivity index (χ2n) is 7.13. The number of hydrogen-bond acceptors (Lipinski definition) is 7. The van der Waals surface area contributed by atoms with Crippen molar-refractivity contribution in [2.75, 3.05) is 19.4 Å². The molecular formula is C19H22N2O9S3. The van der Waals surface area contributed by atoms with Crippen LogP contribution < -0.4 is 5.32 Å². The molecule has 0 bridgehead atoms. The Morgan fingerprint density at radius 1 is 0.879 bits per heavy atom. The highest BCUT2D eigenvalue weighted by Crippen LogP contribution is 2.25. The average Bonchev–Trinajstić information content (AvgIpc) is 2.65. The molecule has 2 rings (SSSR count). The molecule has 1 amide bonds. The molecule has 0 spiro atoms. The second kappa shape index (κ2) is 9.70. The van der Waals surface area contributed by atoms with E-state index in [1.165, 1.54) is 57.4 Å². The topological polar surface area (TPSA) is 175 Å². The lowest BCUT2D eigenvalue weighted by Crippen LogP contribution is -2.23. The lowest BCUT2D eigenvalue weighted by atomic mass is 10.1. The third-order valence-electron chi connectivity index (χ3n) is 4.32. The standard InChI is InChI=1S/C19H22N2O9S3/c1-13(22)20-17-9-8-16(19(11-17)33(28,29)30)7-6-15-5-4-14(10-18(15)32(25,26)27)12-31(23,24)21(2)3/h4-11H,12H2,1-3H3,(H,20,22)(H,25,26,27)(H,28,29,30)/b7-6+. The highest BCUT2D eigenvalue weighted by molar-refractivity contribution is 7.88. The number of carbonyl (C=O) groups excluding carboxylic acids is 1. The third kappa shape index (κ3) is 7.18.